The molecule has 0 amide bonds. The minimum Gasteiger partial charge on any atom is -0.397 e. The van der Waals surface area contributed by atoms with Gasteiger partial charge in [-0.3, -0.25) is 10.1 Å². The number of hydrogen-bond donors (Lipinski definition) is 1. The van der Waals surface area contributed by atoms with E-state index in [1.165, 1.54) is 23.4 Å². The van der Waals surface area contributed by atoms with Crippen molar-refractivity contribution in [2.45, 2.75) is 21.6 Å². The smallest absolute Gasteiger partial charge is 0.287 e. The van der Waals surface area contributed by atoms with Gasteiger partial charge in [0.1, 0.15) is 6.20 Å². The van der Waals surface area contributed by atoms with Gasteiger partial charge in [0, 0.05) is 17.6 Å². The molecule has 2 aromatic carbocycles. The van der Waals surface area contributed by atoms with E-state index in [0.29, 0.717) is 5.69 Å². The van der Waals surface area contributed by atoms with E-state index in [2.05, 4.69) is 22.1 Å². The van der Waals surface area contributed by atoms with Crippen LogP contribution in [0, 0.1) is 10.1 Å². The molecule has 0 spiro atoms. The van der Waals surface area contributed by atoms with Gasteiger partial charge in [-0.05, 0) is 29.3 Å². The van der Waals surface area contributed by atoms with Crippen LogP contribution in [-0.4, -0.2) is 14.9 Å². The molecule has 2 N–H and O–H groups in total. The molecule has 0 atom stereocenters. The van der Waals surface area contributed by atoms with Crippen molar-refractivity contribution in [3.05, 3.63) is 119 Å². The zero-order valence-corrected chi connectivity index (χ0v) is 18.8. The Hall–Kier alpha value is -3.36. The van der Waals surface area contributed by atoms with Gasteiger partial charge in [0.25, 0.3) is 5.69 Å². The molecular weight excluding hydrogens is 440 g/mol. The van der Waals surface area contributed by atoms with Crippen LogP contribution < -0.4 is 5.73 Å². The monoisotopic (exact) mass is 462 g/mol. The Morgan fingerprint density at radius 1 is 0.719 bits per heavy atom. The van der Waals surface area contributed by atoms with Gasteiger partial charge in [-0.1, -0.05) is 60.7 Å². The molecule has 0 bridgehead atoms. The summed E-state index contributed by atoms with van der Waals surface area (Å²) in [4.78, 5) is 18.3. The maximum atomic E-state index is 10.5. The molecule has 8 heteroatoms. The lowest BCUT2D eigenvalue weighted by atomic mass is 10.2. The highest BCUT2D eigenvalue weighted by Crippen LogP contribution is 2.22. The number of nitro groups is 1. The Bertz CT molecular complexity index is 1090. The highest BCUT2D eigenvalue weighted by Gasteiger charge is 2.05. The standard InChI is InChI=1S/C12H10N2O2S.C12H12N2S/c15-14(16)11-6-7-12(13-8-11)17-9-10-4-2-1-3-5-10;13-11-6-7-12(14-8-11)15-9-10-4-2-1-3-5-10/h1-8H,9H2;1-8H,9,13H2. The Labute approximate surface area is 195 Å². The van der Waals surface area contributed by atoms with Crippen molar-refractivity contribution in [2.24, 2.45) is 0 Å². The van der Waals surface area contributed by atoms with E-state index < -0.39 is 4.92 Å². The lowest BCUT2D eigenvalue weighted by Gasteiger charge is -2.01. The van der Waals surface area contributed by atoms with Crippen molar-refractivity contribution in [3.63, 3.8) is 0 Å². The fraction of sp³-hybridized carbons (Fsp3) is 0.0833. The van der Waals surface area contributed by atoms with Crippen molar-refractivity contribution in [1.82, 2.24) is 9.97 Å². The third-order valence-electron chi connectivity index (χ3n) is 4.15. The number of nitrogens with two attached hydrogens (primary N) is 1. The lowest BCUT2D eigenvalue weighted by Crippen LogP contribution is -1.89. The summed E-state index contributed by atoms with van der Waals surface area (Å²) in [5.41, 5.74) is 8.80. The molecular formula is C24H22N4O2S2. The SMILES string of the molecule is Nc1ccc(SCc2ccccc2)nc1.O=[N+]([O-])c1ccc(SCc2ccccc2)nc1. The summed E-state index contributed by atoms with van der Waals surface area (Å²) in [6.45, 7) is 0. The topological polar surface area (TPSA) is 94.9 Å². The van der Waals surface area contributed by atoms with E-state index in [9.17, 15) is 10.1 Å². The van der Waals surface area contributed by atoms with Crippen molar-refractivity contribution in [2.75, 3.05) is 5.73 Å². The van der Waals surface area contributed by atoms with Crippen LogP contribution in [0.3, 0.4) is 0 Å². The fourth-order valence-corrected chi connectivity index (χ4v) is 4.10. The number of aromatic nitrogens is 2. The van der Waals surface area contributed by atoms with Crippen LogP contribution in [0.1, 0.15) is 11.1 Å². The second-order valence-electron chi connectivity index (χ2n) is 6.59. The first-order valence-electron chi connectivity index (χ1n) is 9.75. The third kappa shape index (κ3) is 8.05. The largest absolute Gasteiger partial charge is 0.397 e. The van der Waals surface area contributed by atoms with E-state index >= 15 is 0 Å². The van der Waals surface area contributed by atoms with Gasteiger partial charge >= 0.3 is 0 Å². The summed E-state index contributed by atoms with van der Waals surface area (Å²) in [6, 6.07) is 27.3. The van der Waals surface area contributed by atoms with Crippen LogP contribution >= 0.6 is 23.5 Å². The Morgan fingerprint density at radius 3 is 1.62 bits per heavy atom. The Kier molecular flexibility index (Phi) is 9.09. The third-order valence-corrected chi connectivity index (χ3v) is 6.18. The molecule has 0 radical (unpaired) electrons. The lowest BCUT2D eigenvalue weighted by molar-refractivity contribution is -0.385. The molecule has 0 aliphatic heterocycles. The van der Waals surface area contributed by atoms with Crippen LogP contribution in [-0.2, 0) is 11.5 Å². The maximum Gasteiger partial charge on any atom is 0.287 e. The fourth-order valence-electron chi connectivity index (χ4n) is 2.51. The van der Waals surface area contributed by atoms with Gasteiger partial charge in [0.05, 0.1) is 26.9 Å². The van der Waals surface area contributed by atoms with Crippen molar-refractivity contribution in [1.29, 1.82) is 0 Å². The minimum atomic E-state index is -0.446. The molecule has 0 unspecified atom stereocenters. The van der Waals surface area contributed by atoms with Crippen molar-refractivity contribution < 1.29 is 4.92 Å². The molecule has 0 aliphatic rings. The zero-order valence-electron chi connectivity index (χ0n) is 17.2. The summed E-state index contributed by atoms with van der Waals surface area (Å²) in [6.07, 6.45) is 2.97. The molecule has 162 valence electrons. The minimum absolute atomic E-state index is 0.0223. The van der Waals surface area contributed by atoms with E-state index in [1.807, 2.05) is 60.7 Å². The predicted octanol–water partition coefficient (Wildman–Crippen LogP) is 6.24. The Morgan fingerprint density at radius 2 is 1.22 bits per heavy atom. The number of nitrogen functional groups attached to an aromatic ring is 1. The van der Waals surface area contributed by atoms with Crippen LogP contribution in [0.25, 0.3) is 0 Å². The van der Waals surface area contributed by atoms with E-state index in [-0.39, 0.29) is 5.69 Å². The number of pyridine rings is 2. The summed E-state index contributed by atoms with van der Waals surface area (Å²) < 4.78 is 0. The predicted molar refractivity (Wildman–Crippen MR) is 132 cm³/mol. The zero-order chi connectivity index (χ0) is 22.6. The van der Waals surface area contributed by atoms with Crippen molar-refractivity contribution >= 4 is 34.9 Å². The van der Waals surface area contributed by atoms with Gasteiger partial charge in [-0.2, -0.15) is 0 Å². The number of nitrogens with zero attached hydrogens (tertiary/aromatic N) is 3. The van der Waals surface area contributed by atoms with Crippen molar-refractivity contribution in [3.8, 4) is 0 Å². The van der Waals surface area contributed by atoms with Crippen LogP contribution in [0.4, 0.5) is 11.4 Å². The van der Waals surface area contributed by atoms with Crippen LogP contribution in [0.2, 0.25) is 0 Å². The summed E-state index contributed by atoms with van der Waals surface area (Å²) in [5, 5.41) is 12.2. The number of benzene rings is 2. The molecule has 6 nitrogen and oxygen atoms in total. The maximum absolute atomic E-state index is 10.5. The van der Waals surface area contributed by atoms with Crippen LogP contribution in [0.5, 0.6) is 0 Å². The first-order chi connectivity index (χ1) is 15.6. The average Bonchev–Trinajstić information content (AvgIpc) is 2.84. The molecule has 4 aromatic rings. The molecule has 0 saturated carbocycles. The van der Waals surface area contributed by atoms with Gasteiger partial charge < -0.3 is 5.73 Å². The molecule has 2 heterocycles. The van der Waals surface area contributed by atoms with Gasteiger partial charge in [-0.15, -0.1) is 23.5 Å². The number of anilines is 1. The highest BCUT2D eigenvalue weighted by atomic mass is 32.2. The van der Waals surface area contributed by atoms with Gasteiger partial charge in [0.2, 0.25) is 0 Å². The van der Waals surface area contributed by atoms with Gasteiger partial charge in [-0.25, -0.2) is 9.97 Å². The molecule has 0 fully saturated rings. The Balaban J connectivity index is 0.000000182. The van der Waals surface area contributed by atoms with E-state index in [0.717, 1.165) is 21.6 Å². The molecule has 4 rings (SSSR count). The first-order valence-corrected chi connectivity index (χ1v) is 11.7. The quantitative estimate of drug-likeness (QED) is 0.197. The second kappa shape index (κ2) is 12.5. The summed E-state index contributed by atoms with van der Waals surface area (Å²) >= 11 is 3.28. The van der Waals surface area contributed by atoms with E-state index in [1.54, 1.807) is 35.8 Å². The molecule has 0 aliphatic carbocycles. The second-order valence-corrected chi connectivity index (χ2v) is 8.58. The summed E-state index contributed by atoms with van der Waals surface area (Å²) in [7, 11) is 0. The number of rotatable bonds is 7. The first kappa shape index (κ1) is 23.3. The van der Waals surface area contributed by atoms with E-state index in [4.69, 9.17) is 5.73 Å². The molecule has 0 saturated heterocycles. The van der Waals surface area contributed by atoms with Crippen LogP contribution in [0.15, 0.2) is 107 Å². The number of hydrogen-bond acceptors (Lipinski definition) is 7. The summed E-state index contributed by atoms with van der Waals surface area (Å²) in [5.74, 6) is 1.75. The average molecular weight is 463 g/mol. The molecule has 32 heavy (non-hydrogen) atoms. The number of thioether (sulfide) groups is 2. The highest BCUT2D eigenvalue weighted by molar-refractivity contribution is 7.98. The molecule has 2 aromatic heterocycles. The normalized spacial score (nSPS) is 10.1. The van der Waals surface area contributed by atoms with Gasteiger partial charge in [0.15, 0.2) is 0 Å².